The number of hydrogen-bond donors (Lipinski definition) is 3. The van der Waals surface area contributed by atoms with Gasteiger partial charge in [-0.25, -0.2) is 0 Å². The van der Waals surface area contributed by atoms with Crippen molar-refractivity contribution in [3.05, 3.63) is 0 Å². The summed E-state index contributed by atoms with van der Waals surface area (Å²) < 4.78 is 0. The van der Waals surface area contributed by atoms with E-state index in [1.165, 1.54) is 19.3 Å². The van der Waals surface area contributed by atoms with Gasteiger partial charge in [-0.05, 0) is 31.4 Å². The molecule has 1 atom stereocenters. The molecule has 0 bridgehead atoms. The van der Waals surface area contributed by atoms with Crippen LogP contribution >= 0.6 is 25.3 Å². The van der Waals surface area contributed by atoms with Crippen LogP contribution in [0.2, 0.25) is 0 Å². The van der Waals surface area contributed by atoms with Gasteiger partial charge in [-0.15, -0.1) is 0 Å². The smallest absolute Gasteiger partial charge is 0.303 e. The van der Waals surface area contributed by atoms with Gasteiger partial charge in [0.1, 0.15) is 0 Å². The van der Waals surface area contributed by atoms with Crippen LogP contribution in [-0.2, 0) is 4.79 Å². The van der Waals surface area contributed by atoms with Gasteiger partial charge >= 0.3 is 5.97 Å². The minimum atomic E-state index is -0.708. The van der Waals surface area contributed by atoms with Crippen molar-refractivity contribution in [1.29, 1.82) is 0 Å². The molecule has 14 heavy (non-hydrogen) atoms. The maximum absolute atomic E-state index is 10.2. The van der Waals surface area contributed by atoms with Gasteiger partial charge in [0.15, 0.2) is 0 Å². The lowest BCUT2D eigenvalue weighted by Gasteiger charge is -2.08. The summed E-state index contributed by atoms with van der Waals surface area (Å²) in [5.74, 6) is 0.247. The van der Waals surface area contributed by atoms with Crippen LogP contribution in [0.4, 0.5) is 0 Å². The Bertz CT molecular complexity index is 151. The standard InChI is InChI=1S/C10H20O2S2/c11-10(12)7-4-6-9(14)5-2-1-3-8-13/h9,13-14H,1-8H2,(H,11,12). The van der Waals surface area contributed by atoms with Gasteiger partial charge in [0.2, 0.25) is 0 Å². The molecule has 0 aromatic rings. The largest absolute Gasteiger partial charge is 0.481 e. The number of rotatable bonds is 9. The lowest BCUT2D eigenvalue weighted by atomic mass is 10.1. The van der Waals surface area contributed by atoms with Crippen LogP contribution in [0.1, 0.15) is 44.9 Å². The molecule has 0 fully saturated rings. The van der Waals surface area contributed by atoms with Crippen LogP contribution < -0.4 is 0 Å². The summed E-state index contributed by atoms with van der Waals surface area (Å²) in [5, 5.41) is 8.81. The second-order valence-electron chi connectivity index (χ2n) is 3.51. The van der Waals surface area contributed by atoms with Crippen LogP contribution in [-0.4, -0.2) is 22.1 Å². The van der Waals surface area contributed by atoms with Gasteiger partial charge in [0.25, 0.3) is 0 Å². The van der Waals surface area contributed by atoms with Crippen molar-refractivity contribution in [1.82, 2.24) is 0 Å². The average molecular weight is 236 g/mol. The Labute approximate surface area is 97.3 Å². The van der Waals surface area contributed by atoms with Gasteiger partial charge in [0, 0.05) is 11.7 Å². The molecule has 0 radical (unpaired) electrons. The molecule has 84 valence electrons. The van der Waals surface area contributed by atoms with E-state index in [4.69, 9.17) is 5.11 Å². The van der Waals surface area contributed by atoms with E-state index in [1.807, 2.05) is 0 Å². The zero-order valence-corrected chi connectivity index (χ0v) is 10.3. The molecule has 1 unspecified atom stereocenters. The van der Waals surface area contributed by atoms with Crippen LogP contribution in [0.3, 0.4) is 0 Å². The topological polar surface area (TPSA) is 37.3 Å². The van der Waals surface area contributed by atoms with Gasteiger partial charge in [-0.1, -0.05) is 12.8 Å². The average Bonchev–Trinajstić information content (AvgIpc) is 2.12. The molecule has 0 aliphatic carbocycles. The van der Waals surface area contributed by atoms with Crippen molar-refractivity contribution < 1.29 is 9.90 Å². The molecule has 0 heterocycles. The zero-order chi connectivity index (χ0) is 10.8. The number of carboxylic acids is 1. The van der Waals surface area contributed by atoms with Crippen molar-refractivity contribution in [3.8, 4) is 0 Å². The predicted octanol–water partition coefficient (Wildman–Crippen LogP) is 3.03. The third-order valence-corrected chi connectivity index (χ3v) is 2.96. The fraction of sp³-hybridized carbons (Fsp3) is 0.900. The first-order chi connectivity index (χ1) is 6.66. The maximum Gasteiger partial charge on any atom is 0.303 e. The molecule has 0 aliphatic heterocycles. The van der Waals surface area contributed by atoms with Crippen molar-refractivity contribution in [2.75, 3.05) is 5.75 Å². The highest BCUT2D eigenvalue weighted by atomic mass is 32.1. The van der Waals surface area contributed by atoms with Gasteiger partial charge in [-0.2, -0.15) is 25.3 Å². The molecule has 0 saturated heterocycles. The molecule has 0 saturated carbocycles. The monoisotopic (exact) mass is 236 g/mol. The van der Waals surface area contributed by atoms with Crippen molar-refractivity contribution in [3.63, 3.8) is 0 Å². The molecule has 0 aromatic carbocycles. The summed E-state index contributed by atoms with van der Waals surface area (Å²) in [7, 11) is 0. The number of unbranched alkanes of at least 4 members (excludes halogenated alkanes) is 2. The number of carboxylic acid groups (broad SMARTS) is 1. The Morgan fingerprint density at radius 2 is 1.79 bits per heavy atom. The summed E-state index contributed by atoms with van der Waals surface area (Å²) in [6.07, 6.45) is 6.58. The third kappa shape index (κ3) is 10.3. The molecule has 2 nitrogen and oxygen atoms in total. The molecular formula is C10H20O2S2. The second-order valence-corrected chi connectivity index (χ2v) is 4.69. The Morgan fingerprint density at radius 1 is 1.14 bits per heavy atom. The summed E-state index contributed by atoms with van der Waals surface area (Å²) in [6, 6.07) is 0. The van der Waals surface area contributed by atoms with E-state index in [9.17, 15) is 4.79 Å². The van der Waals surface area contributed by atoms with E-state index < -0.39 is 5.97 Å². The van der Waals surface area contributed by atoms with E-state index in [0.717, 1.165) is 25.0 Å². The van der Waals surface area contributed by atoms with Crippen molar-refractivity contribution in [2.45, 2.75) is 50.2 Å². The fourth-order valence-corrected chi connectivity index (χ4v) is 1.89. The summed E-state index contributed by atoms with van der Waals surface area (Å²) in [5.41, 5.74) is 0. The normalized spacial score (nSPS) is 12.7. The molecule has 0 rings (SSSR count). The van der Waals surface area contributed by atoms with E-state index in [1.54, 1.807) is 0 Å². The molecule has 1 N–H and O–H groups in total. The first-order valence-electron chi connectivity index (χ1n) is 5.17. The van der Waals surface area contributed by atoms with Crippen molar-refractivity contribution >= 4 is 31.2 Å². The zero-order valence-electron chi connectivity index (χ0n) is 8.48. The van der Waals surface area contributed by atoms with Crippen LogP contribution in [0.25, 0.3) is 0 Å². The number of carbonyl (C=O) groups is 1. The lowest BCUT2D eigenvalue weighted by molar-refractivity contribution is -0.137. The molecule has 0 aliphatic rings. The minimum Gasteiger partial charge on any atom is -0.481 e. The SMILES string of the molecule is O=C(O)CCCC(S)CCCCCS. The predicted molar refractivity (Wildman–Crippen MR) is 66.6 cm³/mol. The lowest BCUT2D eigenvalue weighted by Crippen LogP contribution is -2.01. The highest BCUT2D eigenvalue weighted by Gasteiger charge is 2.04. The second kappa shape index (κ2) is 9.71. The fourth-order valence-electron chi connectivity index (χ4n) is 1.30. The first-order valence-corrected chi connectivity index (χ1v) is 6.32. The highest BCUT2D eigenvalue weighted by Crippen LogP contribution is 2.15. The number of aliphatic carboxylic acids is 1. The summed E-state index contributed by atoms with van der Waals surface area (Å²) in [4.78, 5) is 10.2. The Balaban J connectivity index is 3.19. The van der Waals surface area contributed by atoms with Gasteiger partial charge in [-0.3, -0.25) is 4.79 Å². The summed E-state index contributed by atoms with van der Waals surface area (Å²) >= 11 is 8.56. The highest BCUT2D eigenvalue weighted by molar-refractivity contribution is 7.81. The molecule has 0 aromatic heterocycles. The molecular weight excluding hydrogens is 216 g/mol. The number of thiol groups is 2. The van der Waals surface area contributed by atoms with Crippen LogP contribution in [0.5, 0.6) is 0 Å². The Morgan fingerprint density at radius 3 is 2.36 bits per heavy atom. The molecule has 0 spiro atoms. The van der Waals surface area contributed by atoms with Crippen molar-refractivity contribution in [2.24, 2.45) is 0 Å². The van der Waals surface area contributed by atoms with E-state index in [-0.39, 0.29) is 6.42 Å². The van der Waals surface area contributed by atoms with Crippen LogP contribution in [0, 0.1) is 0 Å². The Kier molecular flexibility index (Phi) is 9.83. The summed E-state index contributed by atoms with van der Waals surface area (Å²) in [6.45, 7) is 0. The van der Waals surface area contributed by atoms with E-state index in [0.29, 0.717) is 5.25 Å². The Hall–Kier alpha value is 0.170. The quantitative estimate of drug-likeness (QED) is 0.425. The van der Waals surface area contributed by atoms with Gasteiger partial charge < -0.3 is 5.11 Å². The first kappa shape index (κ1) is 14.2. The van der Waals surface area contributed by atoms with E-state index >= 15 is 0 Å². The van der Waals surface area contributed by atoms with Crippen LogP contribution in [0.15, 0.2) is 0 Å². The van der Waals surface area contributed by atoms with Gasteiger partial charge in [0.05, 0.1) is 0 Å². The third-order valence-electron chi connectivity index (χ3n) is 2.12. The molecule has 4 heteroatoms. The minimum absolute atomic E-state index is 0.272. The van der Waals surface area contributed by atoms with E-state index in [2.05, 4.69) is 25.3 Å². The maximum atomic E-state index is 10.2. The molecule has 0 amide bonds. The number of hydrogen-bond acceptors (Lipinski definition) is 3.